The molecule has 0 fully saturated rings. The molecule has 0 amide bonds. The van der Waals surface area contributed by atoms with E-state index in [-0.39, 0.29) is 0 Å². The van der Waals surface area contributed by atoms with Gasteiger partial charge >= 0.3 is 0 Å². The summed E-state index contributed by atoms with van der Waals surface area (Å²) in [5.41, 5.74) is 16.6. The predicted octanol–water partition coefficient (Wildman–Crippen LogP) is -0.261. The molecule has 0 spiro atoms. The van der Waals surface area contributed by atoms with Crippen LogP contribution in [0.5, 0.6) is 0 Å². The number of rotatable bonds is 1. The summed E-state index contributed by atoms with van der Waals surface area (Å²) < 4.78 is 0. The Balaban J connectivity index is 2.03. The maximum absolute atomic E-state index is 6.22. The highest BCUT2D eigenvalue weighted by atomic mass is 15.6. The molecule has 3 heterocycles. The normalized spacial score (nSPS) is 26.5. The number of hydrogen-bond acceptors (Lipinski definition) is 6. The second-order valence-electron chi connectivity index (χ2n) is 3.88. The third-order valence-electron chi connectivity index (χ3n) is 2.69. The fourth-order valence-electron chi connectivity index (χ4n) is 1.84. The molecule has 1 aromatic rings. The smallest absolute Gasteiger partial charge is 0.208 e. The Morgan fingerprint density at radius 1 is 1.29 bits per heavy atom. The molecule has 1 atom stereocenters. The van der Waals surface area contributed by atoms with Crippen molar-refractivity contribution in [2.75, 3.05) is 0 Å². The number of aromatic nitrogens is 1. The number of allylic oxidation sites excluding steroid dienone is 2. The van der Waals surface area contributed by atoms with Gasteiger partial charge < -0.3 is 5.73 Å². The quantitative estimate of drug-likeness (QED) is 0.616. The summed E-state index contributed by atoms with van der Waals surface area (Å²) in [7, 11) is 0. The number of nitrogens with two attached hydrogens (primary N) is 2. The van der Waals surface area contributed by atoms with Crippen LogP contribution in [-0.2, 0) is 5.79 Å². The van der Waals surface area contributed by atoms with Crippen LogP contribution in [-0.4, -0.2) is 15.8 Å². The lowest BCUT2D eigenvalue weighted by Gasteiger charge is -2.24. The predicted molar refractivity (Wildman–Crippen MR) is 63.9 cm³/mol. The van der Waals surface area contributed by atoms with E-state index in [1.165, 1.54) is 0 Å². The number of amidine groups is 1. The molecule has 6 heteroatoms. The number of nitrogens with zero attached hydrogens (tertiary/aromatic N) is 3. The van der Waals surface area contributed by atoms with Crippen LogP contribution in [0.3, 0.4) is 0 Å². The molecule has 3 rings (SSSR count). The highest BCUT2D eigenvalue weighted by molar-refractivity contribution is 6.00. The summed E-state index contributed by atoms with van der Waals surface area (Å²) in [4.78, 5) is 8.39. The maximum Gasteiger partial charge on any atom is 0.208 e. The van der Waals surface area contributed by atoms with Crippen molar-refractivity contribution in [3.63, 3.8) is 0 Å². The molecule has 1 unspecified atom stereocenters. The fraction of sp³-hybridized carbons (Fsp3) is 0.0909. The SMILES string of the molecule is NC1=CC=CN2NC(N)(c3ccncc3)N=C12. The van der Waals surface area contributed by atoms with Crippen LogP contribution in [0.2, 0.25) is 0 Å². The Morgan fingerprint density at radius 2 is 2.06 bits per heavy atom. The van der Waals surface area contributed by atoms with E-state index in [2.05, 4.69) is 15.4 Å². The van der Waals surface area contributed by atoms with Crippen LogP contribution in [0.25, 0.3) is 0 Å². The summed E-state index contributed by atoms with van der Waals surface area (Å²) >= 11 is 0. The average molecular weight is 228 g/mol. The van der Waals surface area contributed by atoms with Crippen molar-refractivity contribution in [3.05, 3.63) is 54.1 Å². The molecule has 0 saturated heterocycles. The van der Waals surface area contributed by atoms with Gasteiger partial charge in [-0.15, -0.1) is 0 Å². The number of hydrazine groups is 1. The fourth-order valence-corrected chi connectivity index (χ4v) is 1.84. The largest absolute Gasteiger partial charge is 0.396 e. The van der Waals surface area contributed by atoms with Crippen molar-refractivity contribution in [1.82, 2.24) is 15.4 Å². The zero-order chi connectivity index (χ0) is 11.9. The van der Waals surface area contributed by atoms with Gasteiger partial charge in [-0.2, -0.15) is 5.43 Å². The molecule has 17 heavy (non-hydrogen) atoms. The van der Waals surface area contributed by atoms with E-state index >= 15 is 0 Å². The summed E-state index contributed by atoms with van der Waals surface area (Å²) in [6, 6.07) is 3.64. The van der Waals surface area contributed by atoms with Crippen molar-refractivity contribution in [2.45, 2.75) is 5.79 Å². The molecule has 86 valence electrons. The monoisotopic (exact) mass is 228 g/mol. The van der Waals surface area contributed by atoms with Crippen LogP contribution in [0.15, 0.2) is 53.6 Å². The van der Waals surface area contributed by atoms with Crippen LogP contribution in [0.1, 0.15) is 5.56 Å². The van der Waals surface area contributed by atoms with Crippen LogP contribution in [0.4, 0.5) is 0 Å². The zero-order valence-electron chi connectivity index (χ0n) is 9.04. The van der Waals surface area contributed by atoms with E-state index in [0.29, 0.717) is 11.5 Å². The Morgan fingerprint density at radius 3 is 2.76 bits per heavy atom. The molecule has 0 aromatic carbocycles. The van der Waals surface area contributed by atoms with Crippen LogP contribution < -0.4 is 16.9 Å². The molecule has 1 aromatic heterocycles. The number of nitrogens with one attached hydrogen (secondary N) is 1. The van der Waals surface area contributed by atoms with Gasteiger partial charge in [0.25, 0.3) is 0 Å². The van der Waals surface area contributed by atoms with Gasteiger partial charge in [0.15, 0.2) is 5.84 Å². The Hall–Kier alpha value is -2.18. The van der Waals surface area contributed by atoms with E-state index in [4.69, 9.17) is 11.5 Å². The van der Waals surface area contributed by atoms with Gasteiger partial charge in [0.05, 0.1) is 5.70 Å². The number of aliphatic imine (C=N–C) groups is 1. The summed E-state index contributed by atoms with van der Waals surface area (Å²) in [5.74, 6) is -0.363. The summed E-state index contributed by atoms with van der Waals surface area (Å²) in [6.45, 7) is 0. The molecule has 2 aliphatic rings. The van der Waals surface area contributed by atoms with Crippen molar-refractivity contribution in [3.8, 4) is 0 Å². The van der Waals surface area contributed by atoms with Crippen LogP contribution >= 0.6 is 0 Å². The Labute approximate surface area is 98.3 Å². The van der Waals surface area contributed by atoms with E-state index in [0.717, 1.165) is 5.56 Å². The third kappa shape index (κ3) is 1.50. The summed E-state index contributed by atoms with van der Waals surface area (Å²) in [6.07, 6.45) is 8.80. The van der Waals surface area contributed by atoms with Gasteiger partial charge in [0.1, 0.15) is 0 Å². The topological polar surface area (TPSA) is 92.6 Å². The summed E-state index contributed by atoms with van der Waals surface area (Å²) in [5, 5.41) is 1.72. The lowest BCUT2D eigenvalue weighted by Crippen LogP contribution is -2.50. The standard InChI is InChI=1S/C11H12N6/c12-9-2-1-7-17-10(9)15-11(13,16-17)8-3-5-14-6-4-8/h1-7,16H,12-13H2. The molecule has 0 saturated carbocycles. The average Bonchev–Trinajstić information content (AvgIpc) is 2.70. The van der Waals surface area contributed by atoms with Gasteiger partial charge in [0.2, 0.25) is 5.79 Å². The third-order valence-corrected chi connectivity index (χ3v) is 2.69. The first kappa shape index (κ1) is 10.0. The second-order valence-corrected chi connectivity index (χ2v) is 3.88. The lowest BCUT2D eigenvalue weighted by atomic mass is 10.1. The van der Waals surface area contributed by atoms with E-state index < -0.39 is 5.79 Å². The first-order chi connectivity index (χ1) is 8.19. The van der Waals surface area contributed by atoms with Crippen molar-refractivity contribution in [2.24, 2.45) is 16.5 Å². The van der Waals surface area contributed by atoms with Crippen molar-refractivity contribution >= 4 is 5.84 Å². The Bertz CT molecular complexity index is 532. The highest BCUT2D eigenvalue weighted by Gasteiger charge is 2.37. The molecule has 6 nitrogen and oxygen atoms in total. The van der Waals surface area contributed by atoms with Gasteiger partial charge in [-0.3, -0.25) is 15.7 Å². The molecular formula is C11H12N6. The number of pyridine rings is 1. The second kappa shape index (κ2) is 3.41. The van der Waals surface area contributed by atoms with Gasteiger partial charge in [-0.1, -0.05) is 0 Å². The van der Waals surface area contributed by atoms with E-state index in [9.17, 15) is 0 Å². The zero-order valence-corrected chi connectivity index (χ0v) is 9.04. The van der Waals surface area contributed by atoms with Crippen molar-refractivity contribution in [1.29, 1.82) is 0 Å². The first-order valence-corrected chi connectivity index (χ1v) is 5.20. The van der Waals surface area contributed by atoms with Gasteiger partial charge in [0, 0.05) is 24.2 Å². The first-order valence-electron chi connectivity index (χ1n) is 5.20. The molecule has 0 bridgehead atoms. The molecule has 0 aliphatic carbocycles. The maximum atomic E-state index is 6.22. The minimum absolute atomic E-state index is 0.585. The number of hydrogen-bond donors (Lipinski definition) is 3. The minimum atomic E-state index is -0.995. The molecule has 0 radical (unpaired) electrons. The molecular weight excluding hydrogens is 216 g/mol. The van der Waals surface area contributed by atoms with Gasteiger partial charge in [-0.05, 0) is 24.3 Å². The number of fused-ring (bicyclic) bond motifs is 1. The van der Waals surface area contributed by atoms with Crippen LogP contribution in [0, 0.1) is 0 Å². The van der Waals surface area contributed by atoms with E-state index in [1.807, 2.05) is 24.4 Å². The van der Waals surface area contributed by atoms with Crippen molar-refractivity contribution < 1.29 is 0 Å². The minimum Gasteiger partial charge on any atom is -0.396 e. The highest BCUT2D eigenvalue weighted by Crippen LogP contribution is 2.25. The lowest BCUT2D eigenvalue weighted by molar-refractivity contribution is 0.273. The molecule has 5 N–H and O–H groups in total. The Kier molecular flexibility index (Phi) is 2.01. The molecule has 2 aliphatic heterocycles. The van der Waals surface area contributed by atoms with E-state index in [1.54, 1.807) is 23.5 Å². The van der Waals surface area contributed by atoms with Gasteiger partial charge in [-0.25, -0.2) is 4.99 Å².